The van der Waals surface area contributed by atoms with Crippen LogP contribution >= 0.6 is 0 Å². The van der Waals surface area contributed by atoms with Gasteiger partial charge >= 0.3 is 0 Å². The molecule has 1 atom stereocenters. The van der Waals surface area contributed by atoms with E-state index in [1.807, 2.05) is 18.2 Å². The van der Waals surface area contributed by atoms with Crippen LogP contribution in [-0.4, -0.2) is 12.5 Å². The van der Waals surface area contributed by atoms with Gasteiger partial charge in [0, 0.05) is 19.4 Å². The lowest BCUT2D eigenvalue weighted by atomic mass is 9.88. The number of carbonyl (C=O) groups excluding carboxylic acids is 1. The summed E-state index contributed by atoms with van der Waals surface area (Å²) in [5, 5.41) is 2.93. The fraction of sp³-hybridized carbons (Fsp3) is 0.312. The average molecular weight is 241 g/mol. The Balaban J connectivity index is 2.20. The Kier molecular flexibility index (Phi) is 4.35. The van der Waals surface area contributed by atoms with Crippen molar-refractivity contribution in [1.82, 2.24) is 5.32 Å². The topological polar surface area (TPSA) is 29.1 Å². The third-order valence-electron chi connectivity index (χ3n) is 3.18. The molecule has 0 radical (unpaired) electrons. The largest absolute Gasteiger partial charge is 0.355 e. The van der Waals surface area contributed by atoms with Crippen LogP contribution in [0.25, 0.3) is 0 Å². The van der Waals surface area contributed by atoms with E-state index in [1.165, 1.54) is 11.1 Å². The second-order valence-corrected chi connectivity index (χ2v) is 4.58. The Bertz CT molecular complexity index is 459. The van der Waals surface area contributed by atoms with Gasteiger partial charge in [0.1, 0.15) is 0 Å². The minimum absolute atomic E-state index is 0.0244. The van der Waals surface area contributed by atoms with Gasteiger partial charge < -0.3 is 5.32 Å². The third-order valence-corrected chi connectivity index (χ3v) is 3.18. The van der Waals surface area contributed by atoms with Gasteiger partial charge in [-0.05, 0) is 24.0 Å². The predicted octanol–water partition coefficient (Wildman–Crippen LogP) is 3.18. The summed E-state index contributed by atoms with van der Waals surface area (Å²) in [6, 6.07) is 10.3. The Morgan fingerprint density at radius 2 is 2.06 bits per heavy atom. The van der Waals surface area contributed by atoms with Gasteiger partial charge in [-0.25, -0.2) is 0 Å². The number of rotatable bonds is 4. The van der Waals surface area contributed by atoms with Crippen LogP contribution in [0, 0.1) is 0 Å². The van der Waals surface area contributed by atoms with Crippen LogP contribution < -0.4 is 5.32 Å². The highest BCUT2D eigenvalue weighted by atomic mass is 16.1. The van der Waals surface area contributed by atoms with Crippen molar-refractivity contribution in [3.8, 4) is 0 Å². The maximum absolute atomic E-state index is 11.1. The molecule has 1 aliphatic rings. The molecule has 1 aliphatic carbocycles. The smallest absolute Gasteiger partial charge is 0.216 e. The molecule has 0 aliphatic heterocycles. The minimum atomic E-state index is 0.0244. The second kappa shape index (κ2) is 6.20. The van der Waals surface area contributed by atoms with Gasteiger partial charge in [0.05, 0.1) is 0 Å². The molecule has 1 aromatic rings. The highest BCUT2D eigenvalue weighted by molar-refractivity contribution is 5.73. The Morgan fingerprint density at radius 1 is 1.28 bits per heavy atom. The number of carbonyl (C=O) groups is 1. The number of amides is 1. The van der Waals surface area contributed by atoms with Crippen molar-refractivity contribution in [2.75, 3.05) is 6.54 Å². The van der Waals surface area contributed by atoms with E-state index in [2.05, 4.69) is 35.7 Å². The van der Waals surface area contributed by atoms with E-state index in [4.69, 9.17) is 0 Å². The molecule has 1 amide bonds. The van der Waals surface area contributed by atoms with Crippen molar-refractivity contribution in [2.24, 2.45) is 0 Å². The van der Waals surface area contributed by atoms with Crippen LogP contribution in [0.15, 0.2) is 54.1 Å². The monoisotopic (exact) mass is 241 g/mol. The number of hydrogen-bond acceptors (Lipinski definition) is 1. The Labute approximate surface area is 108 Å². The van der Waals surface area contributed by atoms with Gasteiger partial charge in [-0.1, -0.05) is 48.6 Å². The number of hydrogen-bond donors (Lipinski definition) is 1. The van der Waals surface area contributed by atoms with Gasteiger partial charge in [-0.2, -0.15) is 0 Å². The molecular formula is C16H19NO. The molecule has 1 N–H and O–H groups in total. The van der Waals surface area contributed by atoms with E-state index < -0.39 is 0 Å². The average Bonchev–Trinajstić information content (AvgIpc) is 2.41. The SMILES string of the molecule is CC(=O)NCC(C1=CCCC=C1)c1ccccc1. The summed E-state index contributed by atoms with van der Waals surface area (Å²) < 4.78 is 0. The molecule has 0 fully saturated rings. The number of benzene rings is 1. The van der Waals surface area contributed by atoms with Gasteiger partial charge in [-0.3, -0.25) is 4.79 Å². The van der Waals surface area contributed by atoms with Crippen molar-refractivity contribution >= 4 is 5.91 Å². The molecule has 18 heavy (non-hydrogen) atoms. The Hall–Kier alpha value is -1.83. The Morgan fingerprint density at radius 3 is 2.67 bits per heavy atom. The summed E-state index contributed by atoms with van der Waals surface area (Å²) in [6.45, 7) is 2.22. The fourth-order valence-corrected chi connectivity index (χ4v) is 2.25. The summed E-state index contributed by atoms with van der Waals surface area (Å²) in [5.41, 5.74) is 2.56. The summed E-state index contributed by atoms with van der Waals surface area (Å²) in [7, 11) is 0. The molecule has 2 heteroatoms. The van der Waals surface area contributed by atoms with Crippen molar-refractivity contribution in [3.63, 3.8) is 0 Å². The lowest BCUT2D eigenvalue weighted by Crippen LogP contribution is -2.26. The van der Waals surface area contributed by atoms with Crippen LogP contribution in [0.5, 0.6) is 0 Å². The van der Waals surface area contributed by atoms with E-state index in [0.29, 0.717) is 6.54 Å². The molecule has 0 bridgehead atoms. The first-order valence-corrected chi connectivity index (χ1v) is 6.43. The lowest BCUT2D eigenvalue weighted by molar-refractivity contribution is -0.118. The molecule has 2 rings (SSSR count). The van der Waals surface area contributed by atoms with Gasteiger partial charge in [0.2, 0.25) is 5.91 Å². The van der Waals surface area contributed by atoms with E-state index in [1.54, 1.807) is 6.92 Å². The van der Waals surface area contributed by atoms with E-state index >= 15 is 0 Å². The number of nitrogens with one attached hydrogen (secondary N) is 1. The zero-order chi connectivity index (χ0) is 12.8. The van der Waals surface area contributed by atoms with E-state index in [9.17, 15) is 4.79 Å². The van der Waals surface area contributed by atoms with Crippen LogP contribution in [-0.2, 0) is 4.79 Å². The van der Waals surface area contributed by atoms with Crippen LogP contribution in [0.1, 0.15) is 31.2 Å². The van der Waals surface area contributed by atoms with Gasteiger partial charge in [-0.15, -0.1) is 0 Å². The lowest BCUT2D eigenvalue weighted by Gasteiger charge is -2.21. The highest BCUT2D eigenvalue weighted by Crippen LogP contribution is 2.27. The first-order valence-electron chi connectivity index (χ1n) is 6.43. The summed E-state index contributed by atoms with van der Waals surface area (Å²) in [5.74, 6) is 0.281. The molecule has 0 heterocycles. The molecule has 1 unspecified atom stereocenters. The maximum Gasteiger partial charge on any atom is 0.216 e. The molecule has 94 valence electrons. The van der Waals surface area contributed by atoms with Crippen LogP contribution in [0.2, 0.25) is 0 Å². The second-order valence-electron chi connectivity index (χ2n) is 4.58. The first-order chi connectivity index (χ1) is 8.77. The van der Waals surface area contributed by atoms with Gasteiger partial charge in [0.25, 0.3) is 0 Å². The normalized spacial score (nSPS) is 15.9. The first kappa shape index (κ1) is 12.6. The number of allylic oxidation sites excluding steroid dienone is 3. The molecule has 0 spiro atoms. The molecule has 2 nitrogen and oxygen atoms in total. The van der Waals surface area contributed by atoms with E-state index in [-0.39, 0.29) is 11.8 Å². The van der Waals surface area contributed by atoms with Crippen LogP contribution in [0.3, 0.4) is 0 Å². The summed E-state index contributed by atoms with van der Waals surface area (Å²) in [6.07, 6.45) is 8.88. The fourth-order valence-electron chi connectivity index (χ4n) is 2.25. The van der Waals surface area contributed by atoms with Crippen molar-refractivity contribution in [2.45, 2.75) is 25.7 Å². The summed E-state index contributed by atoms with van der Waals surface area (Å²) in [4.78, 5) is 11.1. The van der Waals surface area contributed by atoms with Crippen molar-refractivity contribution in [1.29, 1.82) is 0 Å². The van der Waals surface area contributed by atoms with Crippen molar-refractivity contribution in [3.05, 3.63) is 59.7 Å². The van der Waals surface area contributed by atoms with E-state index in [0.717, 1.165) is 12.8 Å². The predicted molar refractivity (Wildman–Crippen MR) is 74.3 cm³/mol. The molecule has 0 saturated carbocycles. The standard InChI is InChI=1S/C16H19NO/c1-13(18)17-12-16(14-8-4-2-5-9-14)15-10-6-3-7-11-15/h2,4-6,8-11,16H,3,7,12H2,1H3,(H,17,18). The third kappa shape index (κ3) is 3.33. The molecule has 0 aromatic heterocycles. The zero-order valence-electron chi connectivity index (χ0n) is 10.7. The minimum Gasteiger partial charge on any atom is -0.355 e. The molecule has 0 saturated heterocycles. The maximum atomic E-state index is 11.1. The van der Waals surface area contributed by atoms with Crippen molar-refractivity contribution < 1.29 is 4.79 Å². The zero-order valence-corrected chi connectivity index (χ0v) is 10.7. The molecule has 1 aromatic carbocycles. The quantitative estimate of drug-likeness (QED) is 0.861. The molecular weight excluding hydrogens is 222 g/mol. The highest BCUT2D eigenvalue weighted by Gasteiger charge is 2.16. The van der Waals surface area contributed by atoms with Crippen LogP contribution in [0.4, 0.5) is 0 Å². The van der Waals surface area contributed by atoms with Gasteiger partial charge in [0.15, 0.2) is 0 Å². The summed E-state index contributed by atoms with van der Waals surface area (Å²) >= 11 is 0.